The van der Waals surface area contributed by atoms with E-state index in [1.54, 1.807) is 32.3 Å². The molecule has 88 valence electrons. The van der Waals surface area contributed by atoms with Gasteiger partial charge in [0.1, 0.15) is 5.69 Å². The molecule has 5 nitrogen and oxygen atoms in total. The maximum Gasteiger partial charge on any atom is 0.253 e. The van der Waals surface area contributed by atoms with E-state index >= 15 is 0 Å². The monoisotopic (exact) mass is 231 g/mol. The van der Waals surface area contributed by atoms with Crippen molar-refractivity contribution in [2.24, 2.45) is 0 Å². The second kappa shape index (κ2) is 4.29. The van der Waals surface area contributed by atoms with Crippen LogP contribution in [0.4, 0.5) is 5.88 Å². The molecule has 0 saturated carbocycles. The quantitative estimate of drug-likeness (QED) is 0.852. The SMILES string of the molecule is CN(C)C(=O)c1ccc(-c2cc(N)on2)cc1. The topological polar surface area (TPSA) is 72.4 Å². The van der Waals surface area contributed by atoms with Crippen molar-refractivity contribution in [1.82, 2.24) is 10.1 Å². The molecule has 0 radical (unpaired) electrons. The highest BCUT2D eigenvalue weighted by molar-refractivity contribution is 5.94. The maximum absolute atomic E-state index is 11.7. The van der Waals surface area contributed by atoms with Crippen molar-refractivity contribution >= 4 is 11.8 Å². The number of hydrogen-bond donors (Lipinski definition) is 1. The van der Waals surface area contributed by atoms with Crippen LogP contribution in [0.5, 0.6) is 0 Å². The molecule has 1 heterocycles. The van der Waals surface area contributed by atoms with Crippen LogP contribution in [0.1, 0.15) is 10.4 Å². The standard InChI is InChI=1S/C12H13N3O2/c1-15(2)12(16)9-5-3-8(4-6-9)10-7-11(13)17-14-10/h3-7H,13H2,1-2H3. The number of nitrogen functional groups attached to an aromatic ring is 1. The predicted molar refractivity (Wildman–Crippen MR) is 64.4 cm³/mol. The molecule has 0 saturated heterocycles. The number of benzene rings is 1. The number of hydrogen-bond acceptors (Lipinski definition) is 4. The Labute approximate surface area is 98.8 Å². The summed E-state index contributed by atoms with van der Waals surface area (Å²) in [6.07, 6.45) is 0. The van der Waals surface area contributed by atoms with Gasteiger partial charge in [0.2, 0.25) is 5.88 Å². The minimum absolute atomic E-state index is 0.0313. The lowest BCUT2D eigenvalue weighted by Crippen LogP contribution is -2.21. The Morgan fingerprint density at radius 3 is 2.41 bits per heavy atom. The third-order valence-electron chi connectivity index (χ3n) is 2.36. The molecular weight excluding hydrogens is 218 g/mol. The zero-order valence-corrected chi connectivity index (χ0v) is 9.68. The van der Waals surface area contributed by atoms with E-state index < -0.39 is 0 Å². The van der Waals surface area contributed by atoms with Crippen LogP contribution < -0.4 is 5.73 Å². The average Bonchev–Trinajstić information content (AvgIpc) is 2.75. The van der Waals surface area contributed by atoms with Gasteiger partial charge in [0.05, 0.1) is 0 Å². The summed E-state index contributed by atoms with van der Waals surface area (Å²) in [4.78, 5) is 13.2. The van der Waals surface area contributed by atoms with Gasteiger partial charge in [-0.1, -0.05) is 17.3 Å². The van der Waals surface area contributed by atoms with Gasteiger partial charge >= 0.3 is 0 Å². The Bertz CT molecular complexity index is 529. The number of nitrogens with two attached hydrogens (primary N) is 1. The molecule has 0 unspecified atom stereocenters. The predicted octanol–water partition coefficient (Wildman–Crippen LogP) is 1.63. The zero-order chi connectivity index (χ0) is 12.4. The molecule has 1 aromatic heterocycles. The molecule has 0 aliphatic carbocycles. The molecule has 1 amide bonds. The van der Waals surface area contributed by atoms with Gasteiger partial charge in [-0.3, -0.25) is 4.79 Å². The maximum atomic E-state index is 11.7. The first-order valence-corrected chi connectivity index (χ1v) is 5.12. The van der Waals surface area contributed by atoms with E-state index in [2.05, 4.69) is 5.16 Å². The van der Waals surface area contributed by atoms with E-state index in [1.807, 2.05) is 12.1 Å². The van der Waals surface area contributed by atoms with E-state index in [9.17, 15) is 4.79 Å². The van der Waals surface area contributed by atoms with E-state index in [0.717, 1.165) is 5.56 Å². The molecule has 2 N–H and O–H groups in total. The van der Waals surface area contributed by atoms with E-state index in [0.29, 0.717) is 11.3 Å². The first-order valence-electron chi connectivity index (χ1n) is 5.12. The Kier molecular flexibility index (Phi) is 2.82. The second-order valence-electron chi connectivity index (χ2n) is 3.89. The van der Waals surface area contributed by atoms with Gasteiger partial charge in [-0.25, -0.2) is 0 Å². The smallest absolute Gasteiger partial charge is 0.253 e. The van der Waals surface area contributed by atoms with Crippen LogP contribution in [0, 0.1) is 0 Å². The van der Waals surface area contributed by atoms with Crippen molar-refractivity contribution in [1.29, 1.82) is 0 Å². The molecule has 1 aromatic carbocycles. The number of carbonyl (C=O) groups excluding carboxylic acids is 1. The number of amides is 1. The fourth-order valence-corrected chi connectivity index (χ4v) is 1.47. The number of carbonyl (C=O) groups is 1. The van der Waals surface area contributed by atoms with E-state index in [1.165, 1.54) is 4.90 Å². The fourth-order valence-electron chi connectivity index (χ4n) is 1.47. The van der Waals surface area contributed by atoms with Crippen molar-refractivity contribution in [3.8, 4) is 11.3 Å². The van der Waals surface area contributed by atoms with Crippen LogP contribution in [0.3, 0.4) is 0 Å². The number of aromatic nitrogens is 1. The fraction of sp³-hybridized carbons (Fsp3) is 0.167. The average molecular weight is 231 g/mol. The Morgan fingerprint density at radius 2 is 1.94 bits per heavy atom. The highest BCUT2D eigenvalue weighted by Crippen LogP contribution is 2.20. The van der Waals surface area contributed by atoms with Crippen LogP contribution in [-0.4, -0.2) is 30.1 Å². The summed E-state index contributed by atoms with van der Waals surface area (Å²) in [5.41, 5.74) is 7.60. The number of rotatable bonds is 2. The van der Waals surface area contributed by atoms with Crippen molar-refractivity contribution in [3.63, 3.8) is 0 Å². The molecule has 5 heteroatoms. The Morgan fingerprint density at radius 1 is 1.29 bits per heavy atom. The van der Waals surface area contributed by atoms with Crippen molar-refractivity contribution in [2.75, 3.05) is 19.8 Å². The van der Waals surface area contributed by atoms with Gasteiger partial charge < -0.3 is 15.2 Å². The van der Waals surface area contributed by atoms with Crippen LogP contribution in [0.2, 0.25) is 0 Å². The van der Waals surface area contributed by atoms with Crippen LogP contribution in [-0.2, 0) is 0 Å². The van der Waals surface area contributed by atoms with Crippen molar-refractivity contribution in [3.05, 3.63) is 35.9 Å². The van der Waals surface area contributed by atoms with Gasteiger partial charge in [-0.15, -0.1) is 0 Å². The molecule has 0 aliphatic rings. The third-order valence-corrected chi connectivity index (χ3v) is 2.36. The van der Waals surface area contributed by atoms with E-state index in [4.69, 9.17) is 10.3 Å². The molecule has 0 fully saturated rings. The van der Waals surface area contributed by atoms with Crippen molar-refractivity contribution < 1.29 is 9.32 Å². The van der Waals surface area contributed by atoms with Crippen LogP contribution >= 0.6 is 0 Å². The first kappa shape index (κ1) is 11.2. The second-order valence-corrected chi connectivity index (χ2v) is 3.89. The summed E-state index contributed by atoms with van der Waals surface area (Å²) < 4.78 is 4.79. The lowest BCUT2D eigenvalue weighted by molar-refractivity contribution is 0.0827. The van der Waals surface area contributed by atoms with Gasteiger partial charge in [0.25, 0.3) is 5.91 Å². The molecule has 2 rings (SSSR count). The molecule has 0 atom stereocenters. The zero-order valence-electron chi connectivity index (χ0n) is 9.68. The largest absolute Gasteiger partial charge is 0.368 e. The minimum Gasteiger partial charge on any atom is -0.368 e. The highest BCUT2D eigenvalue weighted by atomic mass is 16.5. The molecule has 0 bridgehead atoms. The van der Waals surface area contributed by atoms with E-state index in [-0.39, 0.29) is 11.8 Å². The molecule has 0 aliphatic heterocycles. The number of nitrogens with zero attached hydrogens (tertiary/aromatic N) is 2. The minimum atomic E-state index is -0.0313. The molecule has 2 aromatic rings. The Balaban J connectivity index is 2.27. The summed E-state index contributed by atoms with van der Waals surface area (Å²) in [7, 11) is 3.43. The van der Waals surface area contributed by atoms with Gasteiger partial charge in [0, 0.05) is 31.3 Å². The van der Waals surface area contributed by atoms with Crippen LogP contribution in [0.25, 0.3) is 11.3 Å². The summed E-state index contributed by atoms with van der Waals surface area (Å²) in [5, 5.41) is 3.80. The number of anilines is 1. The summed E-state index contributed by atoms with van der Waals surface area (Å²) in [6.45, 7) is 0. The highest BCUT2D eigenvalue weighted by Gasteiger charge is 2.09. The molecule has 0 spiro atoms. The van der Waals surface area contributed by atoms with Gasteiger partial charge in [-0.05, 0) is 12.1 Å². The van der Waals surface area contributed by atoms with Gasteiger partial charge in [0.15, 0.2) is 0 Å². The normalized spacial score (nSPS) is 10.2. The molecular formula is C12H13N3O2. The van der Waals surface area contributed by atoms with Gasteiger partial charge in [-0.2, -0.15) is 0 Å². The third kappa shape index (κ3) is 2.28. The van der Waals surface area contributed by atoms with Crippen LogP contribution in [0.15, 0.2) is 34.9 Å². The summed E-state index contributed by atoms with van der Waals surface area (Å²) >= 11 is 0. The van der Waals surface area contributed by atoms with Crippen molar-refractivity contribution in [2.45, 2.75) is 0 Å². The summed E-state index contributed by atoms with van der Waals surface area (Å²) in [6, 6.07) is 8.77. The summed E-state index contributed by atoms with van der Waals surface area (Å²) in [5.74, 6) is 0.240. The first-order chi connectivity index (χ1) is 8.08. The molecule has 17 heavy (non-hydrogen) atoms. The lowest BCUT2D eigenvalue weighted by atomic mass is 10.1. The lowest BCUT2D eigenvalue weighted by Gasteiger charge is -2.09. The Hall–Kier alpha value is -2.30.